The van der Waals surface area contributed by atoms with Crippen molar-refractivity contribution in [3.8, 4) is 0 Å². The smallest absolute Gasteiger partial charge is 0.272 e. The average molecular weight is 279 g/mol. The molecule has 2 heterocycles. The standard InChI is InChI=1S/C12H17N5OS/c1-4-17-10(9(13)6-15-17)11(18)16-8(3)12-14-5-7(2)19-12/h5-6,8H,4,13H2,1-3H3,(H,16,18). The third-order valence-corrected chi connectivity index (χ3v) is 3.84. The van der Waals surface area contributed by atoms with Gasteiger partial charge >= 0.3 is 0 Å². The number of hydrogen-bond acceptors (Lipinski definition) is 5. The molecule has 0 aromatic carbocycles. The lowest BCUT2D eigenvalue weighted by Crippen LogP contribution is -2.29. The summed E-state index contributed by atoms with van der Waals surface area (Å²) >= 11 is 1.57. The molecular weight excluding hydrogens is 262 g/mol. The summed E-state index contributed by atoms with van der Waals surface area (Å²) in [7, 11) is 0. The average Bonchev–Trinajstić information content (AvgIpc) is 2.95. The van der Waals surface area contributed by atoms with Gasteiger partial charge in [-0.05, 0) is 20.8 Å². The molecule has 0 spiro atoms. The van der Waals surface area contributed by atoms with Crippen LogP contribution < -0.4 is 11.1 Å². The van der Waals surface area contributed by atoms with Gasteiger partial charge in [0.1, 0.15) is 10.7 Å². The van der Waals surface area contributed by atoms with E-state index in [1.807, 2.05) is 20.8 Å². The number of carbonyl (C=O) groups excluding carboxylic acids is 1. The number of nitrogen functional groups attached to an aromatic ring is 1. The first-order chi connectivity index (χ1) is 9.02. The minimum atomic E-state index is -0.225. The third-order valence-electron chi connectivity index (χ3n) is 2.74. The van der Waals surface area contributed by atoms with Gasteiger partial charge in [-0.1, -0.05) is 0 Å². The maximum Gasteiger partial charge on any atom is 0.272 e. The van der Waals surface area contributed by atoms with Gasteiger partial charge in [0.25, 0.3) is 5.91 Å². The molecule has 0 saturated heterocycles. The lowest BCUT2D eigenvalue weighted by molar-refractivity contribution is 0.0930. The Bertz CT molecular complexity index is 589. The Morgan fingerprint density at radius 3 is 2.89 bits per heavy atom. The number of anilines is 1. The SMILES string of the molecule is CCn1ncc(N)c1C(=O)NC(C)c1ncc(C)s1. The second-order valence-corrected chi connectivity index (χ2v) is 5.53. The van der Waals surface area contributed by atoms with Gasteiger partial charge in [-0.15, -0.1) is 11.3 Å². The molecule has 102 valence electrons. The predicted octanol–water partition coefficient (Wildman–Crippen LogP) is 1.74. The van der Waals surface area contributed by atoms with E-state index in [1.165, 1.54) is 6.20 Å². The summed E-state index contributed by atoms with van der Waals surface area (Å²) in [4.78, 5) is 17.6. The molecule has 0 bridgehead atoms. The molecule has 3 N–H and O–H groups in total. The van der Waals surface area contributed by atoms with E-state index >= 15 is 0 Å². The molecule has 0 fully saturated rings. The summed E-state index contributed by atoms with van der Waals surface area (Å²) < 4.78 is 1.59. The number of hydrogen-bond donors (Lipinski definition) is 2. The van der Waals surface area contributed by atoms with Gasteiger partial charge in [0.05, 0.1) is 17.9 Å². The third kappa shape index (κ3) is 2.76. The van der Waals surface area contributed by atoms with Gasteiger partial charge in [0.15, 0.2) is 0 Å². The molecule has 0 radical (unpaired) electrons. The van der Waals surface area contributed by atoms with Crippen LogP contribution in [0.15, 0.2) is 12.4 Å². The molecule has 1 unspecified atom stereocenters. The predicted molar refractivity (Wildman–Crippen MR) is 75.0 cm³/mol. The van der Waals surface area contributed by atoms with Crippen molar-refractivity contribution in [2.24, 2.45) is 0 Å². The van der Waals surface area contributed by atoms with Crippen molar-refractivity contribution in [3.05, 3.63) is 28.0 Å². The van der Waals surface area contributed by atoms with Crippen LogP contribution in [0.5, 0.6) is 0 Å². The number of thiazole rings is 1. The Morgan fingerprint density at radius 2 is 2.32 bits per heavy atom. The van der Waals surface area contributed by atoms with Crippen molar-refractivity contribution >= 4 is 22.9 Å². The second kappa shape index (κ2) is 5.40. The van der Waals surface area contributed by atoms with Crippen molar-refractivity contribution < 1.29 is 4.79 Å². The molecular formula is C12H17N5OS. The van der Waals surface area contributed by atoms with Crippen molar-refractivity contribution in [3.63, 3.8) is 0 Å². The van der Waals surface area contributed by atoms with Gasteiger partial charge in [-0.3, -0.25) is 9.48 Å². The van der Waals surface area contributed by atoms with E-state index in [2.05, 4.69) is 15.4 Å². The molecule has 7 heteroatoms. The van der Waals surface area contributed by atoms with E-state index in [1.54, 1.807) is 22.2 Å². The summed E-state index contributed by atoms with van der Waals surface area (Å²) in [6.45, 7) is 6.40. The van der Waals surface area contributed by atoms with E-state index in [-0.39, 0.29) is 11.9 Å². The van der Waals surface area contributed by atoms with Gasteiger partial charge in [-0.2, -0.15) is 5.10 Å². The van der Waals surface area contributed by atoms with Crippen LogP contribution in [0.25, 0.3) is 0 Å². The molecule has 0 saturated carbocycles. The van der Waals surface area contributed by atoms with E-state index in [0.717, 1.165) is 9.88 Å². The number of nitrogens with one attached hydrogen (secondary N) is 1. The van der Waals surface area contributed by atoms with E-state index in [0.29, 0.717) is 17.9 Å². The Balaban J connectivity index is 2.14. The van der Waals surface area contributed by atoms with Crippen LogP contribution >= 0.6 is 11.3 Å². The number of aromatic nitrogens is 3. The summed E-state index contributed by atoms with van der Waals surface area (Å²) in [5.41, 5.74) is 6.58. The highest BCUT2D eigenvalue weighted by molar-refractivity contribution is 7.11. The number of aryl methyl sites for hydroxylation is 2. The zero-order chi connectivity index (χ0) is 14.0. The van der Waals surface area contributed by atoms with Crippen LogP contribution in [0.3, 0.4) is 0 Å². The molecule has 1 amide bonds. The fraction of sp³-hybridized carbons (Fsp3) is 0.417. The summed E-state index contributed by atoms with van der Waals surface area (Å²) in [5, 5.41) is 7.83. The summed E-state index contributed by atoms with van der Waals surface area (Å²) in [5.74, 6) is -0.225. The highest BCUT2D eigenvalue weighted by atomic mass is 32.1. The monoisotopic (exact) mass is 279 g/mol. The van der Waals surface area contributed by atoms with Crippen LogP contribution in [0.2, 0.25) is 0 Å². The number of nitrogens with zero attached hydrogens (tertiary/aromatic N) is 3. The normalized spacial score (nSPS) is 12.4. The van der Waals surface area contributed by atoms with Gasteiger partial charge < -0.3 is 11.1 Å². The molecule has 0 aliphatic heterocycles. The summed E-state index contributed by atoms with van der Waals surface area (Å²) in [6, 6.07) is -0.147. The topological polar surface area (TPSA) is 85.8 Å². The zero-order valence-corrected chi connectivity index (χ0v) is 12.0. The Kier molecular flexibility index (Phi) is 3.84. The van der Waals surface area contributed by atoms with Crippen LogP contribution in [-0.4, -0.2) is 20.7 Å². The molecule has 2 aromatic heterocycles. The molecule has 6 nitrogen and oxygen atoms in total. The highest BCUT2D eigenvalue weighted by Gasteiger charge is 2.19. The molecule has 0 aliphatic rings. The van der Waals surface area contributed by atoms with Crippen LogP contribution in [0.4, 0.5) is 5.69 Å². The fourth-order valence-corrected chi connectivity index (χ4v) is 2.56. The van der Waals surface area contributed by atoms with E-state index < -0.39 is 0 Å². The van der Waals surface area contributed by atoms with Crippen molar-refractivity contribution in [1.29, 1.82) is 0 Å². The lowest BCUT2D eigenvalue weighted by Gasteiger charge is -2.12. The zero-order valence-electron chi connectivity index (χ0n) is 11.2. The molecule has 0 aliphatic carbocycles. The Hall–Kier alpha value is -1.89. The first-order valence-electron chi connectivity index (χ1n) is 6.07. The molecule has 19 heavy (non-hydrogen) atoms. The Labute approximate surface area is 115 Å². The molecule has 1 atom stereocenters. The number of rotatable bonds is 4. The van der Waals surface area contributed by atoms with Gasteiger partial charge in [0.2, 0.25) is 0 Å². The lowest BCUT2D eigenvalue weighted by atomic mass is 10.3. The van der Waals surface area contributed by atoms with Crippen LogP contribution in [0, 0.1) is 6.92 Å². The van der Waals surface area contributed by atoms with Crippen molar-refractivity contribution in [2.45, 2.75) is 33.4 Å². The maximum atomic E-state index is 12.2. The fourth-order valence-electron chi connectivity index (χ4n) is 1.79. The quantitative estimate of drug-likeness (QED) is 0.892. The first-order valence-corrected chi connectivity index (χ1v) is 6.89. The minimum absolute atomic E-state index is 0.147. The molecule has 2 aromatic rings. The van der Waals surface area contributed by atoms with Gasteiger partial charge in [-0.25, -0.2) is 4.98 Å². The second-order valence-electron chi connectivity index (χ2n) is 4.27. The largest absolute Gasteiger partial charge is 0.396 e. The van der Waals surface area contributed by atoms with E-state index in [9.17, 15) is 4.79 Å². The highest BCUT2D eigenvalue weighted by Crippen LogP contribution is 2.20. The molecule has 2 rings (SSSR count). The number of carbonyl (C=O) groups is 1. The maximum absolute atomic E-state index is 12.2. The number of amides is 1. The van der Waals surface area contributed by atoms with Crippen LogP contribution in [0.1, 0.15) is 40.3 Å². The van der Waals surface area contributed by atoms with Gasteiger partial charge in [0, 0.05) is 17.6 Å². The summed E-state index contributed by atoms with van der Waals surface area (Å²) in [6.07, 6.45) is 3.30. The number of nitrogens with two attached hydrogens (primary N) is 1. The van der Waals surface area contributed by atoms with E-state index in [4.69, 9.17) is 5.73 Å². The van der Waals surface area contributed by atoms with Crippen LogP contribution in [-0.2, 0) is 6.54 Å². The minimum Gasteiger partial charge on any atom is -0.396 e. The first kappa shape index (κ1) is 13.5. The van der Waals surface area contributed by atoms with Crippen molar-refractivity contribution in [1.82, 2.24) is 20.1 Å². The van der Waals surface area contributed by atoms with Crippen molar-refractivity contribution in [2.75, 3.05) is 5.73 Å². The Morgan fingerprint density at radius 1 is 1.58 bits per heavy atom.